The van der Waals surface area contributed by atoms with Crippen LogP contribution in [0.3, 0.4) is 0 Å². The molecule has 2 amide bonds. The number of benzene rings is 2. The predicted octanol–water partition coefficient (Wildman–Crippen LogP) is 7.93. The van der Waals surface area contributed by atoms with Crippen LogP contribution in [0.15, 0.2) is 72.9 Å². The molecule has 1 unspecified atom stereocenters. The van der Waals surface area contributed by atoms with Crippen LogP contribution in [0.1, 0.15) is 108 Å². The van der Waals surface area contributed by atoms with E-state index in [1.54, 1.807) is 4.68 Å². The quantitative estimate of drug-likeness (QED) is 0.119. The number of hydrogen-bond acceptors (Lipinski definition) is 9. The van der Waals surface area contributed by atoms with E-state index in [-0.39, 0.29) is 30.1 Å². The molecule has 0 spiro atoms. The Morgan fingerprint density at radius 1 is 0.897 bits per heavy atom. The number of ether oxygens (including phenoxy) is 2. The number of amides is 2. The third-order valence-corrected chi connectivity index (χ3v) is 11.3. The van der Waals surface area contributed by atoms with E-state index in [4.69, 9.17) is 24.5 Å². The minimum atomic E-state index is -0.285. The summed E-state index contributed by atoms with van der Waals surface area (Å²) in [5.74, 6) is 3.02. The molecule has 0 radical (unpaired) electrons. The highest BCUT2D eigenvalue weighted by atomic mass is 16.5. The molecule has 3 atom stereocenters. The molecule has 2 fully saturated rings. The molecule has 14 heteroatoms. The zero-order valence-electron chi connectivity index (χ0n) is 34.1. The van der Waals surface area contributed by atoms with Crippen molar-refractivity contribution in [1.82, 2.24) is 34.6 Å². The summed E-state index contributed by atoms with van der Waals surface area (Å²) in [6, 6.07) is 22.1. The first kappa shape index (κ1) is 40.6. The van der Waals surface area contributed by atoms with Gasteiger partial charge < -0.3 is 24.8 Å². The molecule has 1 aliphatic carbocycles. The van der Waals surface area contributed by atoms with Crippen LogP contribution >= 0.6 is 0 Å². The summed E-state index contributed by atoms with van der Waals surface area (Å²) >= 11 is 0. The summed E-state index contributed by atoms with van der Waals surface area (Å²) in [6.45, 7) is 13.2. The fraction of sp³-hybridized carbons (Fsp3) is 0.477. The van der Waals surface area contributed by atoms with E-state index in [2.05, 4.69) is 74.9 Å². The largest absolute Gasteiger partial charge is 0.492 e. The number of carboxylic acid groups (broad SMARTS) is 1. The highest BCUT2D eigenvalue weighted by Gasteiger charge is 2.31. The second kappa shape index (κ2) is 18.3. The van der Waals surface area contributed by atoms with Crippen molar-refractivity contribution in [1.29, 1.82) is 0 Å². The fourth-order valence-corrected chi connectivity index (χ4v) is 8.23. The van der Waals surface area contributed by atoms with Gasteiger partial charge in [0.05, 0.1) is 23.6 Å². The lowest BCUT2D eigenvalue weighted by atomic mass is 9.85. The molecule has 3 aromatic heterocycles. The van der Waals surface area contributed by atoms with Crippen molar-refractivity contribution in [2.45, 2.75) is 103 Å². The van der Waals surface area contributed by atoms with Gasteiger partial charge in [0.15, 0.2) is 5.65 Å². The summed E-state index contributed by atoms with van der Waals surface area (Å²) in [5.41, 5.74) is 4.42. The first-order valence-corrected chi connectivity index (χ1v) is 20.7. The Labute approximate surface area is 340 Å². The van der Waals surface area contributed by atoms with Crippen LogP contribution in [0.2, 0.25) is 0 Å². The molecule has 3 aliphatic rings. The number of anilines is 2. The molecule has 5 heterocycles. The van der Waals surface area contributed by atoms with Crippen LogP contribution in [-0.2, 0) is 10.2 Å². The molecular weight excluding hydrogens is 735 g/mol. The molecular formula is C44H57N9O5. The average molecular weight is 792 g/mol. The number of fused-ring (bicyclic) bond motifs is 2. The van der Waals surface area contributed by atoms with E-state index in [1.807, 2.05) is 60.8 Å². The van der Waals surface area contributed by atoms with Crippen molar-refractivity contribution >= 4 is 29.9 Å². The highest BCUT2D eigenvalue weighted by molar-refractivity contribution is 5.89. The number of rotatable bonds is 10. The number of pyridine rings is 1. The van der Waals surface area contributed by atoms with Crippen LogP contribution in [-0.4, -0.2) is 85.7 Å². The highest BCUT2D eigenvalue weighted by Crippen LogP contribution is 2.39. The van der Waals surface area contributed by atoms with Crippen LogP contribution in [0.5, 0.6) is 11.5 Å². The van der Waals surface area contributed by atoms with Gasteiger partial charge in [-0.2, -0.15) is 5.10 Å². The number of urea groups is 1. The van der Waals surface area contributed by atoms with E-state index < -0.39 is 0 Å². The number of carbonyl (C=O) groups excluding carboxylic acids is 1. The van der Waals surface area contributed by atoms with Gasteiger partial charge in [-0.05, 0) is 100 Å². The van der Waals surface area contributed by atoms with Gasteiger partial charge in [0.25, 0.3) is 6.47 Å². The Kier molecular flexibility index (Phi) is 12.8. The number of aromatic nitrogens is 5. The van der Waals surface area contributed by atoms with Gasteiger partial charge in [0.2, 0.25) is 5.95 Å². The SMILES string of the molecule is CC1CCCCN1c1nnc2ccc(O[C@@H]3CC[C@H](NC(=O)Nc4cc(C(C)(C)C)nn4-c4cccc(OCCN5CCCCC5)c4)c4ccccc43)cn12.O=CO. The minimum absolute atomic E-state index is 0.159. The monoisotopic (exact) mass is 791 g/mol. The number of hydrogen-bond donors (Lipinski definition) is 3. The number of nitrogens with zero attached hydrogens (tertiary/aromatic N) is 7. The third-order valence-electron chi connectivity index (χ3n) is 11.3. The molecule has 2 aromatic carbocycles. The van der Waals surface area contributed by atoms with Gasteiger partial charge in [-0.3, -0.25) is 19.4 Å². The Morgan fingerprint density at radius 3 is 2.45 bits per heavy atom. The van der Waals surface area contributed by atoms with E-state index in [0.717, 1.165) is 97.5 Å². The van der Waals surface area contributed by atoms with Crippen LogP contribution < -0.4 is 25.0 Å². The zero-order chi connectivity index (χ0) is 40.6. The molecule has 308 valence electrons. The molecule has 58 heavy (non-hydrogen) atoms. The maximum absolute atomic E-state index is 13.8. The minimum Gasteiger partial charge on any atom is -0.492 e. The van der Waals surface area contributed by atoms with Crippen molar-refractivity contribution in [2.24, 2.45) is 0 Å². The Morgan fingerprint density at radius 2 is 1.67 bits per heavy atom. The summed E-state index contributed by atoms with van der Waals surface area (Å²) in [6.07, 6.45) is 10.7. The van der Waals surface area contributed by atoms with E-state index in [0.29, 0.717) is 18.5 Å². The second-order valence-corrected chi connectivity index (χ2v) is 16.5. The molecule has 2 aliphatic heterocycles. The van der Waals surface area contributed by atoms with Crippen LogP contribution in [0, 0.1) is 0 Å². The Balaban J connectivity index is 0.00000166. The van der Waals surface area contributed by atoms with Gasteiger partial charge in [-0.25, -0.2) is 9.48 Å². The average Bonchev–Trinajstić information content (AvgIpc) is 3.85. The first-order valence-electron chi connectivity index (χ1n) is 20.7. The first-order chi connectivity index (χ1) is 28.1. The van der Waals surface area contributed by atoms with Gasteiger partial charge in [-0.15, -0.1) is 10.2 Å². The molecule has 0 bridgehead atoms. The van der Waals surface area contributed by atoms with Crippen molar-refractivity contribution < 1.29 is 24.2 Å². The number of likely N-dealkylation sites (tertiary alicyclic amines) is 1. The van der Waals surface area contributed by atoms with Crippen LogP contribution in [0.4, 0.5) is 16.6 Å². The molecule has 14 nitrogen and oxygen atoms in total. The molecule has 8 rings (SSSR count). The molecule has 2 saturated heterocycles. The summed E-state index contributed by atoms with van der Waals surface area (Å²) in [5, 5.41) is 27.3. The van der Waals surface area contributed by atoms with Gasteiger partial charge in [0, 0.05) is 36.7 Å². The van der Waals surface area contributed by atoms with Gasteiger partial charge >= 0.3 is 6.03 Å². The summed E-state index contributed by atoms with van der Waals surface area (Å²) in [4.78, 5) is 27.0. The fourth-order valence-electron chi connectivity index (χ4n) is 8.23. The van der Waals surface area contributed by atoms with E-state index in [1.165, 1.54) is 25.7 Å². The van der Waals surface area contributed by atoms with Gasteiger partial charge in [-0.1, -0.05) is 57.5 Å². The predicted molar refractivity (Wildman–Crippen MR) is 224 cm³/mol. The standard InChI is InChI=1S/C43H55N9O3.CH2O2/c1-30-13-8-11-24-50(30)42-47-46-39-21-18-33(29-51(39)42)55-37-20-19-36(34-16-6-7-17-35(34)37)44-41(53)45-40-28-38(43(2,3)4)48-52(40)31-14-12-15-32(27-31)54-26-25-49-22-9-5-10-23-49;2-1-3/h6-7,12,14-18,21,27-30,36-37H,5,8-11,13,19-20,22-26H2,1-4H3,(H2,44,45,53);1H,(H,2,3)/t30?,36-,37+;/m0./s1. The summed E-state index contributed by atoms with van der Waals surface area (Å²) < 4.78 is 16.7. The van der Waals surface area contributed by atoms with Crippen molar-refractivity contribution in [3.8, 4) is 17.2 Å². The van der Waals surface area contributed by atoms with E-state index >= 15 is 0 Å². The van der Waals surface area contributed by atoms with E-state index in [9.17, 15) is 4.79 Å². The Bertz CT molecular complexity index is 2150. The number of carbonyl (C=O) groups is 2. The smallest absolute Gasteiger partial charge is 0.320 e. The van der Waals surface area contributed by atoms with Gasteiger partial charge in [0.1, 0.15) is 30.0 Å². The molecule has 5 aromatic rings. The number of nitrogens with one attached hydrogen (secondary N) is 2. The lowest BCUT2D eigenvalue weighted by Gasteiger charge is -2.33. The maximum Gasteiger partial charge on any atom is 0.320 e. The van der Waals surface area contributed by atoms with Crippen molar-refractivity contribution in [3.05, 3.63) is 89.7 Å². The molecule has 0 saturated carbocycles. The Hall–Kier alpha value is -5.63. The van der Waals surface area contributed by atoms with Crippen LogP contribution in [0.25, 0.3) is 11.3 Å². The number of piperidine rings is 2. The maximum atomic E-state index is 13.8. The summed E-state index contributed by atoms with van der Waals surface area (Å²) in [7, 11) is 0. The second-order valence-electron chi connectivity index (χ2n) is 16.5. The van der Waals surface area contributed by atoms with Crippen molar-refractivity contribution in [3.63, 3.8) is 0 Å². The third kappa shape index (κ3) is 9.55. The lowest BCUT2D eigenvalue weighted by molar-refractivity contribution is -0.122. The lowest BCUT2D eigenvalue weighted by Crippen LogP contribution is -2.38. The molecule has 3 N–H and O–H groups in total. The topological polar surface area (TPSA) is 151 Å². The normalized spacial score (nSPS) is 19.7. The van der Waals surface area contributed by atoms with Crippen molar-refractivity contribution in [2.75, 3.05) is 43.0 Å². The zero-order valence-corrected chi connectivity index (χ0v) is 34.1.